The van der Waals surface area contributed by atoms with E-state index in [-0.39, 0.29) is 0 Å². The average Bonchev–Trinajstić information content (AvgIpc) is 2.33. The standard InChI is InChI=1S/C5H13N.C4H8.2C2H6/c1-3-5(2)4-6;1-3-4-2;2*1-2/h5H,3-4,6H2,1-2H3;3-4H,1-2H3;2*1-2H3/b;4-3-;;. The van der Waals surface area contributed by atoms with Gasteiger partial charge in [0, 0.05) is 0 Å². The Morgan fingerprint density at radius 1 is 1.00 bits per heavy atom. The minimum absolute atomic E-state index is 0.713. The quantitative estimate of drug-likeness (QED) is 0.651. The zero-order chi connectivity index (χ0) is 12.4. The van der Waals surface area contributed by atoms with Crippen LogP contribution in [0.25, 0.3) is 0 Å². The van der Waals surface area contributed by atoms with Crippen molar-refractivity contribution in [2.24, 2.45) is 11.7 Å². The molecule has 0 radical (unpaired) electrons. The molecular weight excluding hydrogens is 170 g/mol. The summed E-state index contributed by atoms with van der Waals surface area (Å²) in [6.45, 7) is 17.1. The number of allylic oxidation sites excluding steroid dienone is 2. The molecular formula is C13H33N. The second-order valence-corrected chi connectivity index (χ2v) is 2.42. The van der Waals surface area contributed by atoms with Gasteiger partial charge < -0.3 is 5.73 Å². The molecule has 0 aliphatic carbocycles. The first-order chi connectivity index (χ1) is 6.72. The van der Waals surface area contributed by atoms with E-state index in [1.165, 1.54) is 6.42 Å². The summed E-state index contributed by atoms with van der Waals surface area (Å²) >= 11 is 0. The first-order valence-corrected chi connectivity index (χ1v) is 6.00. The summed E-state index contributed by atoms with van der Waals surface area (Å²) in [6, 6.07) is 0. The summed E-state index contributed by atoms with van der Waals surface area (Å²) in [5.74, 6) is 0.713. The van der Waals surface area contributed by atoms with Crippen LogP contribution in [-0.2, 0) is 0 Å². The van der Waals surface area contributed by atoms with Crippen molar-refractivity contribution in [1.82, 2.24) is 0 Å². The van der Waals surface area contributed by atoms with Gasteiger partial charge in [-0.15, -0.1) is 0 Å². The SMILES string of the molecule is C/C=C\C.CC.CC.CCC(C)CN. The Balaban J connectivity index is -0.0000000546. The van der Waals surface area contributed by atoms with Crippen LogP contribution in [0, 0.1) is 5.92 Å². The minimum Gasteiger partial charge on any atom is -0.330 e. The van der Waals surface area contributed by atoms with E-state index in [2.05, 4.69) is 13.8 Å². The van der Waals surface area contributed by atoms with Crippen LogP contribution in [0.3, 0.4) is 0 Å². The smallest absolute Gasteiger partial charge is 0.00516 e. The molecule has 0 rings (SSSR count). The molecule has 14 heavy (non-hydrogen) atoms. The van der Waals surface area contributed by atoms with Crippen LogP contribution in [-0.4, -0.2) is 6.54 Å². The van der Waals surface area contributed by atoms with Crippen molar-refractivity contribution in [3.63, 3.8) is 0 Å². The normalized spacial score (nSPS) is 9.79. The molecule has 0 heterocycles. The van der Waals surface area contributed by atoms with Gasteiger partial charge in [-0.1, -0.05) is 60.1 Å². The lowest BCUT2D eigenvalue weighted by atomic mass is 10.1. The van der Waals surface area contributed by atoms with Crippen molar-refractivity contribution >= 4 is 0 Å². The van der Waals surface area contributed by atoms with Gasteiger partial charge in [0.2, 0.25) is 0 Å². The summed E-state index contributed by atoms with van der Waals surface area (Å²) in [6.07, 6.45) is 5.20. The molecule has 0 amide bonds. The minimum atomic E-state index is 0.713. The van der Waals surface area contributed by atoms with Crippen LogP contribution in [0.4, 0.5) is 0 Å². The number of nitrogens with two attached hydrogens (primary N) is 1. The molecule has 0 aliphatic heterocycles. The maximum absolute atomic E-state index is 5.28. The van der Waals surface area contributed by atoms with Gasteiger partial charge in [-0.05, 0) is 26.3 Å². The van der Waals surface area contributed by atoms with E-state index < -0.39 is 0 Å². The van der Waals surface area contributed by atoms with Gasteiger partial charge in [-0.2, -0.15) is 0 Å². The topological polar surface area (TPSA) is 26.0 Å². The molecule has 0 aromatic heterocycles. The lowest BCUT2D eigenvalue weighted by Gasteiger charge is -1.98. The number of hydrogen-bond acceptors (Lipinski definition) is 1. The molecule has 1 nitrogen and oxygen atoms in total. The van der Waals surface area contributed by atoms with Crippen LogP contribution in [0.2, 0.25) is 0 Å². The molecule has 1 atom stereocenters. The number of hydrogen-bond donors (Lipinski definition) is 1. The van der Waals surface area contributed by atoms with Crippen molar-refractivity contribution in [3.05, 3.63) is 12.2 Å². The predicted octanol–water partition coefficient (Wildman–Crippen LogP) is 4.63. The third kappa shape index (κ3) is 60.6. The summed E-state index contributed by atoms with van der Waals surface area (Å²) < 4.78 is 0. The first kappa shape index (κ1) is 23.5. The summed E-state index contributed by atoms with van der Waals surface area (Å²) in [5.41, 5.74) is 5.28. The second-order valence-electron chi connectivity index (χ2n) is 2.42. The Labute approximate surface area is 92.8 Å². The van der Waals surface area contributed by atoms with Gasteiger partial charge in [0.15, 0.2) is 0 Å². The second kappa shape index (κ2) is 38.7. The molecule has 2 N–H and O–H groups in total. The van der Waals surface area contributed by atoms with Crippen molar-refractivity contribution in [2.75, 3.05) is 6.54 Å². The van der Waals surface area contributed by atoms with Crippen LogP contribution in [0.1, 0.15) is 61.8 Å². The first-order valence-electron chi connectivity index (χ1n) is 6.00. The highest BCUT2D eigenvalue weighted by molar-refractivity contribution is 4.68. The highest BCUT2D eigenvalue weighted by atomic mass is 14.5. The Morgan fingerprint density at radius 3 is 1.29 bits per heavy atom. The molecule has 0 aromatic carbocycles. The fourth-order valence-electron chi connectivity index (χ4n) is 0.167. The molecule has 0 aromatic rings. The van der Waals surface area contributed by atoms with E-state index in [0.717, 1.165) is 6.54 Å². The Bertz CT molecular complexity index is 59.6. The van der Waals surface area contributed by atoms with E-state index in [9.17, 15) is 0 Å². The predicted molar refractivity (Wildman–Crippen MR) is 71.7 cm³/mol. The molecule has 90 valence electrons. The average molecular weight is 203 g/mol. The summed E-state index contributed by atoms with van der Waals surface area (Å²) in [4.78, 5) is 0. The molecule has 0 saturated heterocycles. The summed E-state index contributed by atoms with van der Waals surface area (Å²) in [7, 11) is 0. The van der Waals surface area contributed by atoms with Crippen LogP contribution < -0.4 is 5.73 Å². The van der Waals surface area contributed by atoms with Crippen LogP contribution in [0.5, 0.6) is 0 Å². The lowest BCUT2D eigenvalue weighted by molar-refractivity contribution is 0.576. The molecule has 0 fully saturated rings. The molecule has 1 unspecified atom stereocenters. The molecule has 0 aliphatic rings. The van der Waals surface area contributed by atoms with E-state index in [4.69, 9.17) is 5.73 Å². The van der Waals surface area contributed by atoms with Gasteiger partial charge in [0.25, 0.3) is 0 Å². The third-order valence-corrected chi connectivity index (χ3v) is 1.43. The van der Waals surface area contributed by atoms with E-state index in [1.807, 2.05) is 53.7 Å². The number of rotatable bonds is 2. The maximum atomic E-state index is 5.28. The van der Waals surface area contributed by atoms with Crippen LogP contribution in [0.15, 0.2) is 12.2 Å². The van der Waals surface area contributed by atoms with Gasteiger partial charge in [-0.3, -0.25) is 0 Å². The molecule has 1 heteroatoms. The molecule has 0 bridgehead atoms. The summed E-state index contributed by atoms with van der Waals surface area (Å²) in [5, 5.41) is 0. The van der Waals surface area contributed by atoms with E-state index in [0.29, 0.717) is 5.92 Å². The van der Waals surface area contributed by atoms with Crippen molar-refractivity contribution in [3.8, 4) is 0 Å². The van der Waals surface area contributed by atoms with E-state index >= 15 is 0 Å². The van der Waals surface area contributed by atoms with E-state index in [1.54, 1.807) is 0 Å². The monoisotopic (exact) mass is 203 g/mol. The van der Waals surface area contributed by atoms with Crippen LogP contribution >= 0.6 is 0 Å². The zero-order valence-corrected chi connectivity index (χ0v) is 11.7. The largest absolute Gasteiger partial charge is 0.330 e. The highest BCUT2D eigenvalue weighted by Crippen LogP contribution is 1.93. The Hall–Kier alpha value is -0.300. The van der Waals surface area contributed by atoms with Crippen molar-refractivity contribution in [2.45, 2.75) is 61.8 Å². The van der Waals surface area contributed by atoms with Gasteiger partial charge in [0.05, 0.1) is 0 Å². The van der Waals surface area contributed by atoms with Crippen molar-refractivity contribution in [1.29, 1.82) is 0 Å². The molecule has 0 saturated carbocycles. The third-order valence-electron chi connectivity index (χ3n) is 1.43. The van der Waals surface area contributed by atoms with Crippen molar-refractivity contribution < 1.29 is 0 Å². The fraction of sp³-hybridized carbons (Fsp3) is 0.846. The van der Waals surface area contributed by atoms with Gasteiger partial charge >= 0.3 is 0 Å². The highest BCUT2D eigenvalue weighted by Gasteiger charge is 1.88. The fourth-order valence-corrected chi connectivity index (χ4v) is 0.167. The Kier molecular flexibility index (Phi) is 65.0. The molecule has 0 spiro atoms. The van der Waals surface area contributed by atoms with Gasteiger partial charge in [0.1, 0.15) is 0 Å². The lowest BCUT2D eigenvalue weighted by Crippen LogP contribution is -2.08. The Morgan fingerprint density at radius 2 is 1.29 bits per heavy atom. The van der Waals surface area contributed by atoms with Gasteiger partial charge in [-0.25, -0.2) is 0 Å². The maximum Gasteiger partial charge on any atom is -0.00516 e. The zero-order valence-electron chi connectivity index (χ0n) is 11.7.